The van der Waals surface area contributed by atoms with Crippen molar-refractivity contribution >= 4 is 39.7 Å². The summed E-state index contributed by atoms with van der Waals surface area (Å²) in [4.78, 5) is 11.9. The zero-order valence-corrected chi connectivity index (χ0v) is 14.1. The van der Waals surface area contributed by atoms with Gasteiger partial charge in [0.1, 0.15) is 5.75 Å². The van der Waals surface area contributed by atoms with Crippen LogP contribution in [-0.2, 0) is 4.79 Å². The molecule has 0 spiro atoms. The van der Waals surface area contributed by atoms with Crippen molar-refractivity contribution in [2.24, 2.45) is 5.10 Å². The van der Waals surface area contributed by atoms with Crippen LogP contribution >= 0.6 is 27.5 Å². The monoisotopic (exact) mass is 380 g/mol. The van der Waals surface area contributed by atoms with Crippen molar-refractivity contribution in [1.29, 1.82) is 0 Å². The molecule has 0 aromatic heterocycles. The minimum atomic E-state index is -0.669. The molecular weight excluding hydrogens is 368 g/mol. The minimum Gasteiger partial charge on any atom is -0.481 e. The molecule has 0 aliphatic heterocycles. The maximum atomic E-state index is 11.9. The van der Waals surface area contributed by atoms with Gasteiger partial charge < -0.3 is 4.74 Å². The minimum absolute atomic E-state index is 0.335. The van der Waals surface area contributed by atoms with E-state index >= 15 is 0 Å². The number of amides is 1. The molecular formula is C16H14BrClN2O2. The number of nitrogens with one attached hydrogen (secondary N) is 1. The summed E-state index contributed by atoms with van der Waals surface area (Å²) in [6.45, 7) is 1.65. The summed E-state index contributed by atoms with van der Waals surface area (Å²) in [7, 11) is 0. The van der Waals surface area contributed by atoms with Gasteiger partial charge >= 0.3 is 0 Å². The average Bonchev–Trinajstić information content (AvgIpc) is 2.51. The largest absolute Gasteiger partial charge is 0.481 e. The van der Waals surface area contributed by atoms with Crippen LogP contribution in [0.15, 0.2) is 58.1 Å². The molecule has 0 heterocycles. The smallest absolute Gasteiger partial charge is 0.280 e. The Morgan fingerprint density at radius 3 is 2.64 bits per heavy atom. The molecule has 1 atom stereocenters. The molecule has 2 aromatic carbocycles. The van der Waals surface area contributed by atoms with Crippen molar-refractivity contribution in [3.05, 3.63) is 63.6 Å². The van der Waals surface area contributed by atoms with Crippen molar-refractivity contribution < 1.29 is 9.53 Å². The quantitative estimate of drug-likeness (QED) is 0.628. The number of hydrogen-bond acceptors (Lipinski definition) is 3. The van der Waals surface area contributed by atoms with E-state index in [4.69, 9.17) is 16.3 Å². The van der Waals surface area contributed by atoms with Gasteiger partial charge in [0.25, 0.3) is 5.91 Å². The van der Waals surface area contributed by atoms with E-state index in [0.717, 1.165) is 10.0 Å². The first-order chi connectivity index (χ1) is 10.6. The average molecular weight is 382 g/mol. The highest BCUT2D eigenvalue weighted by Gasteiger charge is 2.13. The summed E-state index contributed by atoms with van der Waals surface area (Å²) >= 11 is 9.20. The second kappa shape index (κ2) is 7.96. The van der Waals surface area contributed by atoms with Crippen molar-refractivity contribution in [2.75, 3.05) is 0 Å². The predicted molar refractivity (Wildman–Crippen MR) is 91.4 cm³/mol. The molecule has 0 aliphatic rings. The first kappa shape index (κ1) is 16.5. The van der Waals surface area contributed by atoms with Gasteiger partial charge in [0.2, 0.25) is 0 Å². The van der Waals surface area contributed by atoms with E-state index in [1.54, 1.807) is 37.4 Å². The second-order valence-electron chi connectivity index (χ2n) is 4.47. The highest BCUT2D eigenvalue weighted by molar-refractivity contribution is 9.10. The fourth-order valence-corrected chi connectivity index (χ4v) is 2.12. The van der Waals surface area contributed by atoms with Crippen LogP contribution in [0.2, 0.25) is 5.02 Å². The van der Waals surface area contributed by atoms with Crippen LogP contribution in [-0.4, -0.2) is 18.2 Å². The Kier molecular flexibility index (Phi) is 5.98. The lowest BCUT2D eigenvalue weighted by Gasteiger charge is -2.12. The maximum absolute atomic E-state index is 11.9. The van der Waals surface area contributed by atoms with Gasteiger partial charge in [0.05, 0.1) is 6.21 Å². The van der Waals surface area contributed by atoms with Gasteiger partial charge in [-0.3, -0.25) is 4.79 Å². The Labute approximate surface area is 142 Å². The van der Waals surface area contributed by atoms with Crippen molar-refractivity contribution in [3.63, 3.8) is 0 Å². The van der Waals surface area contributed by atoms with E-state index in [0.29, 0.717) is 10.8 Å². The Bertz CT molecular complexity index is 674. The number of ether oxygens (including phenoxy) is 1. The number of carbonyl (C=O) groups excluding carboxylic acids is 1. The molecule has 0 radical (unpaired) electrons. The molecule has 0 unspecified atom stereocenters. The van der Waals surface area contributed by atoms with E-state index in [-0.39, 0.29) is 5.91 Å². The number of hydrogen-bond donors (Lipinski definition) is 1. The van der Waals surface area contributed by atoms with Gasteiger partial charge in [-0.1, -0.05) is 45.7 Å². The Balaban J connectivity index is 1.89. The molecule has 114 valence electrons. The van der Waals surface area contributed by atoms with Crippen molar-refractivity contribution in [3.8, 4) is 5.75 Å². The summed E-state index contributed by atoms with van der Waals surface area (Å²) in [6, 6.07) is 14.4. The van der Waals surface area contributed by atoms with Crippen LogP contribution in [0, 0.1) is 0 Å². The third-order valence-electron chi connectivity index (χ3n) is 2.78. The van der Waals surface area contributed by atoms with E-state index in [2.05, 4.69) is 26.5 Å². The molecule has 0 bridgehead atoms. The standard InChI is InChI=1S/C16H14BrClN2O2/c1-11(22-14-8-6-13(18)7-9-14)16(21)20-19-10-12-4-2-3-5-15(12)17/h2-11H,1H3,(H,20,21)/b19-10-/t11-/m1/s1. The fourth-order valence-electron chi connectivity index (χ4n) is 1.61. The van der Waals surface area contributed by atoms with Crippen LogP contribution in [0.25, 0.3) is 0 Å². The fraction of sp³-hybridized carbons (Fsp3) is 0.125. The summed E-state index contributed by atoms with van der Waals surface area (Å²) in [5, 5.41) is 4.54. The normalized spacial score (nSPS) is 12.1. The first-order valence-corrected chi connectivity index (χ1v) is 7.73. The highest BCUT2D eigenvalue weighted by atomic mass is 79.9. The molecule has 0 saturated carbocycles. The molecule has 4 nitrogen and oxygen atoms in total. The zero-order valence-electron chi connectivity index (χ0n) is 11.8. The third kappa shape index (κ3) is 4.86. The third-order valence-corrected chi connectivity index (χ3v) is 3.75. The van der Waals surface area contributed by atoms with Crippen LogP contribution in [0.5, 0.6) is 5.75 Å². The van der Waals surface area contributed by atoms with Crippen molar-refractivity contribution in [1.82, 2.24) is 5.43 Å². The summed E-state index contributed by atoms with van der Waals surface area (Å²) in [6.07, 6.45) is 0.898. The number of rotatable bonds is 5. The first-order valence-electron chi connectivity index (χ1n) is 6.56. The highest BCUT2D eigenvalue weighted by Crippen LogP contribution is 2.17. The Morgan fingerprint density at radius 2 is 1.95 bits per heavy atom. The molecule has 0 aliphatic carbocycles. The molecule has 22 heavy (non-hydrogen) atoms. The zero-order chi connectivity index (χ0) is 15.9. The summed E-state index contributed by atoms with van der Waals surface area (Å²) in [5.41, 5.74) is 3.32. The Morgan fingerprint density at radius 1 is 1.27 bits per heavy atom. The number of carbonyl (C=O) groups is 1. The molecule has 0 saturated heterocycles. The van der Waals surface area contributed by atoms with Crippen LogP contribution in [0.4, 0.5) is 0 Å². The van der Waals surface area contributed by atoms with Crippen LogP contribution in [0.3, 0.4) is 0 Å². The Hall–Kier alpha value is -1.85. The van der Waals surface area contributed by atoms with E-state index in [1.807, 2.05) is 24.3 Å². The van der Waals surface area contributed by atoms with Crippen LogP contribution < -0.4 is 10.2 Å². The SMILES string of the molecule is C[C@@H](Oc1ccc(Cl)cc1)C(=O)N/N=C\c1ccccc1Br. The lowest BCUT2D eigenvalue weighted by atomic mass is 10.2. The van der Waals surface area contributed by atoms with Crippen molar-refractivity contribution in [2.45, 2.75) is 13.0 Å². The summed E-state index contributed by atoms with van der Waals surface area (Å²) in [5.74, 6) is 0.236. The van der Waals surface area contributed by atoms with E-state index < -0.39 is 6.10 Å². The molecule has 1 N–H and O–H groups in total. The number of halogens is 2. The van der Waals surface area contributed by atoms with E-state index in [1.165, 1.54) is 0 Å². The predicted octanol–water partition coefficient (Wildman–Crippen LogP) is 4.02. The topological polar surface area (TPSA) is 50.7 Å². The number of benzene rings is 2. The van der Waals surface area contributed by atoms with Crippen LogP contribution in [0.1, 0.15) is 12.5 Å². The molecule has 1 amide bonds. The molecule has 2 aromatic rings. The second-order valence-corrected chi connectivity index (χ2v) is 5.76. The van der Waals surface area contributed by atoms with E-state index in [9.17, 15) is 4.79 Å². The number of nitrogens with zero attached hydrogens (tertiary/aromatic N) is 1. The lowest BCUT2D eigenvalue weighted by molar-refractivity contribution is -0.127. The van der Waals surface area contributed by atoms with Gasteiger partial charge in [-0.15, -0.1) is 0 Å². The van der Waals surface area contributed by atoms with Gasteiger partial charge in [-0.2, -0.15) is 5.10 Å². The van der Waals surface area contributed by atoms with Gasteiger partial charge in [0, 0.05) is 15.1 Å². The number of hydrazone groups is 1. The molecule has 6 heteroatoms. The molecule has 2 rings (SSSR count). The maximum Gasteiger partial charge on any atom is 0.280 e. The van der Waals surface area contributed by atoms with Gasteiger partial charge in [0.15, 0.2) is 6.10 Å². The molecule has 0 fully saturated rings. The van der Waals surface area contributed by atoms with Gasteiger partial charge in [-0.25, -0.2) is 5.43 Å². The lowest BCUT2D eigenvalue weighted by Crippen LogP contribution is -2.33. The summed E-state index contributed by atoms with van der Waals surface area (Å²) < 4.78 is 6.41. The van der Waals surface area contributed by atoms with Gasteiger partial charge in [-0.05, 0) is 37.3 Å².